The van der Waals surface area contributed by atoms with Crippen LogP contribution >= 0.6 is 0 Å². The van der Waals surface area contributed by atoms with Crippen LogP contribution in [0.1, 0.15) is 20.8 Å². The fourth-order valence-electron chi connectivity index (χ4n) is 2.80. The predicted molar refractivity (Wildman–Crippen MR) is 102 cm³/mol. The smallest absolute Gasteiger partial charge is 0.410 e. The Bertz CT molecular complexity index is 790. The summed E-state index contributed by atoms with van der Waals surface area (Å²) in [6.07, 6.45) is 3.17. The van der Waals surface area contributed by atoms with E-state index in [0.717, 1.165) is 5.69 Å². The molecule has 1 fully saturated rings. The van der Waals surface area contributed by atoms with Crippen LogP contribution in [0.5, 0.6) is 0 Å². The van der Waals surface area contributed by atoms with E-state index in [1.807, 2.05) is 57.3 Å². The Labute approximate surface area is 158 Å². The molecule has 0 spiro atoms. The summed E-state index contributed by atoms with van der Waals surface area (Å²) in [6, 6.07) is 9.12. The fraction of sp³-hybridized carbons (Fsp3) is 0.421. The molecule has 1 aromatic heterocycles. The molecule has 1 saturated heterocycles. The van der Waals surface area contributed by atoms with Crippen molar-refractivity contribution in [2.45, 2.75) is 26.4 Å². The molecule has 3 rings (SSSR count). The summed E-state index contributed by atoms with van der Waals surface area (Å²) in [5.41, 5.74) is 0.950. The second-order valence-corrected chi connectivity index (χ2v) is 7.35. The second-order valence-electron chi connectivity index (χ2n) is 7.35. The minimum absolute atomic E-state index is 0.196. The normalized spacial score (nSPS) is 14.8. The number of para-hydroxylation sites is 2. The zero-order valence-corrected chi connectivity index (χ0v) is 15.9. The van der Waals surface area contributed by atoms with Gasteiger partial charge in [0.05, 0.1) is 11.4 Å². The molecule has 8 nitrogen and oxygen atoms in total. The summed E-state index contributed by atoms with van der Waals surface area (Å²) in [6.45, 7) is 7.32. The molecule has 0 bridgehead atoms. The minimum atomic E-state index is -0.526. The Kier molecular flexibility index (Phi) is 5.34. The zero-order valence-electron chi connectivity index (χ0n) is 15.9. The summed E-state index contributed by atoms with van der Waals surface area (Å²) in [4.78, 5) is 28.1. The van der Waals surface area contributed by atoms with Crippen molar-refractivity contribution in [3.05, 3.63) is 42.7 Å². The van der Waals surface area contributed by atoms with Crippen LogP contribution in [0.2, 0.25) is 0 Å². The maximum Gasteiger partial charge on any atom is 0.410 e. The van der Waals surface area contributed by atoms with Crippen LogP contribution in [0, 0.1) is 0 Å². The highest BCUT2D eigenvalue weighted by Gasteiger charge is 2.27. The first-order valence-corrected chi connectivity index (χ1v) is 8.96. The molecule has 2 heterocycles. The van der Waals surface area contributed by atoms with E-state index in [0.29, 0.717) is 31.9 Å². The number of carbonyl (C=O) groups excluding carboxylic acids is 2. The number of aromatic nitrogens is 2. The van der Waals surface area contributed by atoms with Crippen molar-refractivity contribution >= 4 is 17.8 Å². The lowest BCUT2D eigenvalue weighted by molar-refractivity contribution is 0.0174. The lowest BCUT2D eigenvalue weighted by Gasteiger charge is -2.35. The fourth-order valence-corrected chi connectivity index (χ4v) is 2.80. The van der Waals surface area contributed by atoms with Gasteiger partial charge in [-0.15, -0.1) is 0 Å². The van der Waals surface area contributed by atoms with Gasteiger partial charge in [0.15, 0.2) is 0 Å². The van der Waals surface area contributed by atoms with Crippen molar-refractivity contribution in [2.24, 2.45) is 0 Å². The van der Waals surface area contributed by atoms with Gasteiger partial charge in [-0.3, -0.25) is 0 Å². The molecule has 0 aliphatic carbocycles. The van der Waals surface area contributed by atoms with Crippen molar-refractivity contribution in [3.63, 3.8) is 0 Å². The van der Waals surface area contributed by atoms with Crippen LogP contribution in [0.15, 0.2) is 42.7 Å². The summed E-state index contributed by atoms with van der Waals surface area (Å²) in [5, 5.41) is 7.16. The number of nitrogens with zero attached hydrogens (tertiary/aromatic N) is 4. The van der Waals surface area contributed by atoms with E-state index >= 15 is 0 Å². The Balaban J connectivity index is 1.59. The van der Waals surface area contributed by atoms with E-state index in [9.17, 15) is 9.59 Å². The maximum atomic E-state index is 12.6. The van der Waals surface area contributed by atoms with Crippen LogP contribution in [0.25, 0.3) is 5.69 Å². The largest absolute Gasteiger partial charge is 0.444 e. The molecule has 0 atom stereocenters. The molecular weight excluding hydrogens is 346 g/mol. The van der Waals surface area contributed by atoms with Crippen molar-refractivity contribution in [3.8, 4) is 5.69 Å². The molecule has 0 radical (unpaired) electrons. The third-order valence-electron chi connectivity index (χ3n) is 4.12. The number of ether oxygens (including phenoxy) is 1. The number of urea groups is 1. The number of rotatable bonds is 2. The molecule has 2 aromatic rings. The minimum Gasteiger partial charge on any atom is -0.444 e. The van der Waals surface area contributed by atoms with Crippen molar-refractivity contribution in [1.82, 2.24) is 19.6 Å². The van der Waals surface area contributed by atoms with E-state index in [-0.39, 0.29) is 12.1 Å². The number of hydrogen-bond donors (Lipinski definition) is 1. The molecule has 0 saturated carbocycles. The highest BCUT2D eigenvalue weighted by molar-refractivity contribution is 5.91. The number of amides is 3. The maximum absolute atomic E-state index is 12.6. The van der Waals surface area contributed by atoms with E-state index in [2.05, 4.69) is 10.4 Å². The number of hydrogen-bond acceptors (Lipinski definition) is 4. The summed E-state index contributed by atoms with van der Waals surface area (Å²) in [7, 11) is 0. The lowest BCUT2D eigenvalue weighted by Crippen LogP contribution is -2.52. The van der Waals surface area contributed by atoms with Gasteiger partial charge in [0.2, 0.25) is 0 Å². The SMILES string of the molecule is CC(C)(C)OC(=O)N1CCN(C(=O)Nc2ccccc2-n2cccn2)CC1. The van der Waals surface area contributed by atoms with Crippen molar-refractivity contribution < 1.29 is 14.3 Å². The second kappa shape index (κ2) is 7.69. The van der Waals surface area contributed by atoms with Gasteiger partial charge >= 0.3 is 12.1 Å². The van der Waals surface area contributed by atoms with Gasteiger partial charge in [-0.05, 0) is 39.0 Å². The number of piperazine rings is 1. The molecule has 8 heteroatoms. The molecule has 3 amide bonds. The monoisotopic (exact) mass is 371 g/mol. The Morgan fingerprint density at radius 3 is 2.33 bits per heavy atom. The zero-order chi connectivity index (χ0) is 19.4. The van der Waals surface area contributed by atoms with E-state index in [4.69, 9.17) is 4.74 Å². The summed E-state index contributed by atoms with van der Waals surface area (Å²) in [5.74, 6) is 0. The molecule has 0 unspecified atom stereocenters. The quantitative estimate of drug-likeness (QED) is 0.880. The highest BCUT2D eigenvalue weighted by atomic mass is 16.6. The van der Waals surface area contributed by atoms with Gasteiger partial charge in [0.1, 0.15) is 5.60 Å². The number of anilines is 1. The topological polar surface area (TPSA) is 79.7 Å². The first-order chi connectivity index (χ1) is 12.8. The van der Waals surface area contributed by atoms with Gasteiger partial charge in [-0.1, -0.05) is 12.1 Å². The van der Waals surface area contributed by atoms with Crippen LogP contribution in [-0.2, 0) is 4.74 Å². The van der Waals surface area contributed by atoms with Gasteiger partial charge in [-0.25, -0.2) is 14.3 Å². The number of benzene rings is 1. The Morgan fingerprint density at radius 1 is 1.04 bits per heavy atom. The molecule has 144 valence electrons. The molecule has 1 aliphatic heterocycles. The van der Waals surface area contributed by atoms with Gasteiger partial charge < -0.3 is 19.9 Å². The third-order valence-corrected chi connectivity index (χ3v) is 4.12. The third kappa shape index (κ3) is 4.78. The summed E-state index contributed by atoms with van der Waals surface area (Å²) >= 11 is 0. The van der Waals surface area contributed by atoms with E-state index in [1.165, 1.54) is 0 Å². The van der Waals surface area contributed by atoms with Gasteiger partial charge in [0.25, 0.3) is 0 Å². The average molecular weight is 371 g/mol. The first-order valence-electron chi connectivity index (χ1n) is 8.96. The lowest BCUT2D eigenvalue weighted by atomic mass is 10.2. The van der Waals surface area contributed by atoms with Crippen molar-refractivity contribution in [1.29, 1.82) is 0 Å². The Morgan fingerprint density at radius 2 is 1.70 bits per heavy atom. The molecule has 1 aliphatic rings. The molecule has 1 aromatic carbocycles. The Hall–Kier alpha value is -3.03. The van der Waals surface area contributed by atoms with Gasteiger partial charge in [-0.2, -0.15) is 5.10 Å². The van der Waals surface area contributed by atoms with Crippen LogP contribution < -0.4 is 5.32 Å². The molecule has 1 N–H and O–H groups in total. The van der Waals surface area contributed by atoms with Crippen molar-refractivity contribution in [2.75, 3.05) is 31.5 Å². The van der Waals surface area contributed by atoms with Crippen LogP contribution in [0.3, 0.4) is 0 Å². The standard InChI is InChI=1S/C19H25N5O3/c1-19(2,3)27-18(26)23-13-11-22(12-14-23)17(25)21-15-7-4-5-8-16(15)24-10-6-9-20-24/h4-10H,11-14H2,1-3H3,(H,21,25). The van der Waals surface area contributed by atoms with Gasteiger partial charge in [0, 0.05) is 38.6 Å². The van der Waals surface area contributed by atoms with E-state index < -0.39 is 5.60 Å². The highest BCUT2D eigenvalue weighted by Crippen LogP contribution is 2.20. The number of nitrogens with one attached hydrogen (secondary N) is 1. The predicted octanol–water partition coefficient (Wildman–Crippen LogP) is 2.96. The van der Waals surface area contributed by atoms with E-state index in [1.54, 1.807) is 20.7 Å². The summed E-state index contributed by atoms with van der Waals surface area (Å²) < 4.78 is 7.09. The molecule has 27 heavy (non-hydrogen) atoms. The van der Waals surface area contributed by atoms with Crippen LogP contribution in [-0.4, -0.2) is 63.5 Å². The number of carbonyl (C=O) groups is 2. The molecular formula is C19H25N5O3. The average Bonchev–Trinajstić information content (AvgIpc) is 3.15. The first kappa shape index (κ1) is 18.8. The van der Waals surface area contributed by atoms with Crippen LogP contribution in [0.4, 0.5) is 15.3 Å².